The first-order valence-electron chi connectivity index (χ1n) is 10.4. The molecule has 3 aromatic rings. The topological polar surface area (TPSA) is 118 Å². The Labute approximate surface area is 207 Å². The van der Waals surface area contributed by atoms with Crippen molar-refractivity contribution in [2.45, 2.75) is 6.92 Å². The van der Waals surface area contributed by atoms with Crippen LogP contribution in [0.15, 0.2) is 71.8 Å². The summed E-state index contributed by atoms with van der Waals surface area (Å²) in [5.74, 6) is -1.25. The highest BCUT2D eigenvalue weighted by atomic mass is 35.5. The van der Waals surface area contributed by atoms with Crippen LogP contribution in [0, 0.1) is 6.92 Å². The third-order valence-electron chi connectivity index (χ3n) is 4.66. The maximum atomic E-state index is 12.1. The molecule has 0 aliphatic rings. The number of rotatable bonds is 8. The molecule has 0 bridgehead atoms. The number of hydrogen-bond acceptors (Lipinski definition) is 6. The highest BCUT2D eigenvalue weighted by molar-refractivity contribution is 6.39. The first-order chi connectivity index (χ1) is 16.9. The Morgan fingerprint density at radius 1 is 0.943 bits per heavy atom. The number of nitrogens with zero attached hydrogens (tertiary/aromatic N) is 1. The van der Waals surface area contributed by atoms with Crippen molar-refractivity contribution in [3.05, 3.63) is 82.9 Å². The van der Waals surface area contributed by atoms with Crippen molar-refractivity contribution in [3.8, 4) is 11.5 Å². The predicted molar refractivity (Wildman–Crippen MR) is 134 cm³/mol. The van der Waals surface area contributed by atoms with Crippen molar-refractivity contribution in [1.82, 2.24) is 5.43 Å². The van der Waals surface area contributed by atoms with Gasteiger partial charge >= 0.3 is 11.8 Å². The van der Waals surface area contributed by atoms with E-state index in [1.54, 1.807) is 60.7 Å². The van der Waals surface area contributed by atoms with Gasteiger partial charge in [0.1, 0.15) is 11.5 Å². The number of halogens is 1. The van der Waals surface area contributed by atoms with E-state index < -0.39 is 11.8 Å². The fraction of sp³-hybridized carbons (Fsp3) is 0.120. The van der Waals surface area contributed by atoms with Gasteiger partial charge in [-0.15, -0.1) is 0 Å². The van der Waals surface area contributed by atoms with E-state index in [0.29, 0.717) is 33.5 Å². The molecule has 180 valence electrons. The first-order valence-corrected chi connectivity index (χ1v) is 10.8. The van der Waals surface area contributed by atoms with Gasteiger partial charge in [-0.2, -0.15) is 5.10 Å². The number of hydrogen-bond donors (Lipinski definition) is 3. The number of carbonyl (C=O) groups is 3. The molecule has 3 rings (SSSR count). The highest BCUT2D eigenvalue weighted by Gasteiger charge is 2.15. The average molecular weight is 495 g/mol. The van der Waals surface area contributed by atoms with Crippen LogP contribution in [0.25, 0.3) is 0 Å². The Morgan fingerprint density at radius 3 is 2.43 bits per heavy atom. The smallest absolute Gasteiger partial charge is 0.329 e. The molecule has 9 nitrogen and oxygen atoms in total. The SMILES string of the molecule is COc1ccccc1NC(=O)C(=O)N/N=C\c1ccc(OCC(=O)Nc2cc(Cl)ccc2C)cc1. The monoisotopic (exact) mass is 494 g/mol. The number of aryl methyl sites for hydroxylation is 1. The summed E-state index contributed by atoms with van der Waals surface area (Å²) in [4.78, 5) is 36.2. The van der Waals surface area contributed by atoms with Gasteiger partial charge in [0.05, 0.1) is 19.0 Å². The Bertz CT molecular complexity index is 1240. The quantitative estimate of drug-likeness (QED) is 0.250. The molecule has 3 N–H and O–H groups in total. The average Bonchev–Trinajstić information content (AvgIpc) is 2.86. The lowest BCUT2D eigenvalue weighted by atomic mass is 10.2. The van der Waals surface area contributed by atoms with Crippen LogP contribution in [0.2, 0.25) is 5.02 Å². The van der Waals surface area contributed by atoms with Crippen LogP contribution >= 0.6 is 11.6 Å². The van der Waals surface area contributed by atoms with E-state index in [-0.39, 0.29) is 12.5 Å². The Morgan fingerprint density at radius 2 is 1.69 bits per heavy atom. The molecule has 0 aromatic heterocycles. The molecule has 0 spiro atoms. The van der Waals surface area contributed by atoms with Crippen LogP contribution in [-0.4, -0.2) is 37.7 Å². The van der Waals surface area contributed by atoms with E-state index in [0.717, 1.165) is 5.56 Å². The van der Waals surface area contributed by atoms with Crippen LogP contribution in [0.4, 0.5) is 11.4 Å². The van der Waals surface area contributed by atoms with E-state index in [2.05, 4.69) is 21.2 Å². The van der Waals surface area contributed by atoms with Gasteiger partial charge in [0.15, 0.2) is 6.61 Å². The van der Waals surface area contributed by atoms with Crippen LogP contribution in [-0.2, 0) is 14.4 Å². The van der Waals surface area contributed by atoms with Crippen molar-refractivity contribution >= 4 is 46.9 Å². The van der Waals surface area contributed by atoms with Gasteiger partial charge in [-0.3, -0.25) is 14.4 Å². The molecule has 0 fully saturated rings. The standard InChI is InChI=1S/C25H23ClN4O5/c1-16-7-10-18(26)13-21(16)28-23(31)15-35-19-11-8-17(9-12-19)14-27-30-25(33)24(32)29-20-5-3-4-6-22(20)34-2/h3-14H,15H2,1-2H3,(H,28,31)(H,29,32)(H,30,33)/b27-14-. The molecule has 0 heterocycles. The Hall–Kier alpha value is -4.37. The number of ether oxygens (including phenoxy) is 2. The zero-order valence-corrected chi connectivity index (χ0v) is 19.8. The van der Waals surface area contributed by atoms with Crippen molar-refractivity contribution in [1.29, 1.82) is 0 Å². The lowest BCUT2D eigenvalue weighted by molar-refractivity contribution is -0.136. The number of carbonyl (C=O) groups excluding carboxylic acids is 3. The molecule has 10 heteroatoms. The second kappa shape index (κ2) is 12.2. The molecule has 0 aliphatic carbocycles. The van der Waals surface area contributed by atoms with Crippen molar-refractivity contribution in [2.24, 2.45) is 5.10 Å². The van der Waals surface area contributed by atoms with E-state index in [9.17, 15) is 14.4 Å². The van der Waals surface area contributed by atoms with Crippen molar-refractivity contribution in [2.75, 3.05) is 24.4 Å². The molecular formula is C25H23ClN4O5. The van der Waals surface area contributed by atoms with Crippen LogP contribution < -0.4 is 25.5 Å². The number of methoxy groups -OCH3 is 1. The van der Waals surface area contributed by atoms with Gasteiger partial charge in [0, 0.05) is 10.7 Å². The minimum atomic E-state index is -0.937. The first kappa shape index (κ1) is 25.3. The number of anilines is 2. The summed E-state index contributed by atoms with van der Waals surface area (Å²) in [6.45, 7) is 1.68. The molecular weight excluding hydrogens is 472 g/mol. The number of amides is 3. The zero-order chi connectivity index (χ0) is 25.2. The van der Waals surface area contributed by atoms with Crippen LogP contribution in [0.5, 0.6) is 11.5 Å². The van der Waals surface area contributed by atoms with Gasteiger partial charge in [-0.25, -0.2) is 5.43 Å². The summed E-state index contributed by atoms with van der Waals surface area (Å²) < 4.78 is 10.6. The maximum Gasteiger partial charge on any atom is 0.329 e. The van der Waals surface area contributed by atoms with Crippen LogP contribution in [0.1, 0.15) is 11.1 Å². The minimum absolute atomic E-state index is 0.184. The summed E-state index contributed by atoms with van der Waals surface area (Å²) >= 11 is 5.96. The van der Waals surface area contributed by atoms with E-state index in [4.69, 9.17) is 21.1 Å². The minimum Gasteiger partial charge on any atom is -0.495 e. The predicted octanol–water partition coefficient (Wildman–Crippen LogP) is 3.76. The molecule has 0 atom stereocenters. The maximum absolute atomic E-state index is 12.1. The molecule has 3 amide bonds. The highest BCUT2D eigenvalue weighted by Crippen LogP contribution is 2.23. The summed E-state index contributed by atoms with van der Waals surface area (Å²) in [6, 6.07) is 18.6. The molecule has 0 saturated heterocycles. The fourth-order valence-electron chi connectivity index (χ4n) is 2.86. The van der Waals surface area contributed by atoms with Crippen molar-refractivity contribution in [3.63, 3.8) is 0 Å². The van der Waals surface area contributed by atoms with Gasteiger partial charge in [-0.1, -0.05) is 29.8 Å². The van der Waals surface area contributed by atoms with Crippen molar-refractivity contribution < 1.29 is 23.9 Å². The summed E-state index contributed by atoms with van der Waals surface area (Å²) in [5.41, 5.74) is 4.67. The number of nitrogens with one attached hydrogen (secondary N) is 3. The third-order valence-corrected chi connectivity index (χ3v) is 4.90. The second-order valence-electron chi connectivity index (χ2n) is 7.22. The lowest BCUT2D eigenvalue weighted by Gasteiger charge is -2.10. The largest absolute Gasteiger partial charge is 0.495 e. The fourth-order valence-corrected chi connectivity index (χ4v) is 3.03. The third kappa shape index (κ3) is 7.58. The molecule has 0 radical (unpaired) electrons. The molecule has 0 saturated carbocycles. The van der Waals surface area contributed by atoms with Gasteiger partial charge in [-0.05, 0) is 66.6 Å². The summed E-state index contributed by atoms with van der Waals surface area (Å²) in [7, 11) is 1.46. The summed E-state index contributed by atoms with van der Waals surface area (Å²) in [5, 5.41) is 9.51. The Kier molecular flexibility index (Phi) is 8.80. The van der Waals surface area contributed by atoms with E-state index in [1.165, 1.54) is 13.3 Å². The number of para-hydroxylation sites is 2. The van der Waals surface area contributed by atoms with Crippen LogP contribution in [0.3, 0.4) is 0 Å². The molecule has 0 aliphatic heterocycles. The van der Waals surface area contributed by atoms with E-state index in [1.807, 2.05) is 13.0 Å². The lowest BCUT2D eigenvalue weighted by Crippen LogP contribution is -2.32. The van der Waals surface area contributed by atoms with Gasteiger partial charge < -0.3 is 20.1 Å². The molecule has 0 unspecified atom stereocenters. The van der Waals surface area contributed by atoms with Gasteiger partial charge in [0.2, 0.25) is 0 Å². The van der Waals surface area contributed by atoms with E-state index >= 15 is 0 Å². The normalized spacial score (nSPS) is 10.5. The second-order valence-corrected chi connectivity index (χ2v) is 7.66. The molecule has 35 heavy (non-hydrogen) atoms. The summed E-state index contributed by atoms with van der Waals surface area (Å²) in [6.07, 6.45) is 1.37. The zero-order valence-electron chi connectivity index (χ0n) is 19.0. The van der Waals surface area contributed by atoms with Gasteiger partial charge in [0.25, 0.3) is 5.91 Å². The molecule has 3 aromatic carbocycles. The number of benzene rings is 3. The number of hydrazone groups is 1. The Balaban J connectivity index is 1.45.